The van der Waals surface area contributed by atoms with Crippen LogP contribution in [0.2, 0.25) is 0 Å². The molecule has 0 heterocycles. The number of benzene rings is 4. The van der Waals surface area contributed by atoms with Crippen LogP contribution >= 0.6 is 16.1 Å². The molecule has 4 aromatic carbocycles. The van der Waals surface area contributed by atoms with E-state index in [0.717, 1.165) is 23.7 Å². The molecule has 350 valence electrons. The molecular weight excluding hydrogens is 821 g/mol. The van der Waals surface area contributed by atoms with Gasteiger partial charge in [0.2, 0.25) is 0 Å². The summed E-state index contributed by atoms with van der Waals surface area (Å²) in [6.07, 6.45) is 45.9. The second-order valence-electron chi connectivity index (χ2n) is 21.8. The predicted molar refractivity (Wildman–Crippen MR) is 287 cm³/mol. The van der Waals surface area contributed by atoms with E-state index < -0.39 is 16.1 Å². The van der Waals surface area contributed by atoms with Crippen LogP contribution < -0.4 is 21.2 Å². The van der Waals surface area contributed by atoms with Gasteiger partial charge in [0, 0.05) is 22.2 Å². The molecule has 65 heavy (non-hydrogen) atoms. The summed E-state index contributed by atoms with van der Waals surface area (Å²) in [6.45, 7) is 0. The Morgan fingerprint density at radius 3 is 0.646 bits per heavy atom. The zero-order valence-corrected chi connectivity index (χ0v) is 42.6. The van der Waals surface area contributed by atoms with Crippen LogP contribution in [0.3, 0.4) is 0 Å². The maximum absolute atomic E-state index is 3.23. The first-order chi connectivity index (χ1) is 32.3. The lowest BCUT2D eigenvalue weighted by Crippen LogP contribution is -2.39. The molecule has 0 aromatic heterocycles. The van der Waals surface area contributed by atoms with Crippen LogP contribution in [0.4, 0.5) is 0 Å². The predicted octanol–water partition coefficient (Wildman–Crippen LogP) is 18.0. The number of nitrogens with zero attached hydrogens (tertiary/aromatic N) is 1. The third-order valence-electron chi connectivity index (χ3n) is 17.2. The van der Waals surface area contributed by atoms with Crippen molar-refractivity contribution in [2.24, 2.45) is 0 Å². The highest BCUT2D eigenvalue weighted by Gasteiger charge is 2.38. The molecular formula is C62H87NP2. The molecule has 0 atom stereocenters. The zero-order valence-electron chi connectivity index (χ0n) is 40.8. The Morgan fingerprint density at radius 1 is 0.231 bits per heavy atom. The van der Waals surface area contributed by atoms with Crippen LogP contribution in [-0.4, -0.2) is 10.5 Å². The molecule has 0 saturated heterocycles. The third kappa shape index (κ3) is 13.1. The Bertz CT molecular complexity index is 1650. The normalized spacial score (nSPS) is 21.8. The average molecular weight is 908 g/mol. The first-order valence-corrected chi connectivity index (χ1v) is 30.7. The SMILES string of the molecule is c1cc(P(c2ccc(C3CCCCCCC3)cc2)N(C2CCCCC2)P(c2ccc(C3CCCCCCC3)cc2)c2ccc(C3CCCCCCC3)cc2)ccc1C1CCCCCCC1. The van der Waals surface area contributed by atoms with Crippen molar-refractivity contribution in [3.63, 3.8) is 0 Å². The highest BCUT2D eigenvalue weighted by Crippen LogP contribution is 2.58. The van der Waals surface area contributed by atoms with E-state index in [4.69, 9.17) is 0 Å². The van der Waals surface area contributed by atoms with E-state index in [1.165, 1.54) is 212 Å². The van der Waals surface area contributed by atoms with Crippen LogP contribution in [0.15, 0.2) is 97.1 Å². The van der Waals surface area contributed by atoms with Gasteiger partial charge in [-0.2, -0.15) is 0 Å². The van der Waals surface area contributed by atoms with Crippen molar-refractivity contribution in [1.82, 2.24) is 4.44 Å². The molecule has 0 bridgehead atoms. The van der Waals surface area contributed by atoms with E-state index in [2.05, 4.69) is 102 Å². The summed E-state index contributed by atoms with van der Waals surface area (Å²) >= 11 is 0. The summed E-state index contributed by atoms with van der Waals surface area (Å²) in [7, 11) is -1.59. The molecule has 0 spiro atoms. The minimum atomic E-state index is -0.793. The van der Waals surface area contributed by atoms with Gasteiger partial charge in [-0.05, 0) is 131 Å². The molecule has 0 amide bonds. The topological polar surface area (TPSA) is 3.24 Å². The molecule has 0 unspecified atom stereocenters. The van der Waals surface area contributed by atoms with Gasteiger partial charge in [-0.1, -0.05) is 245 Å². The quantitative estimate of drug-likeness (QED) is 0.136. The van der Waals surface area contributed by atoms with Crippen molar-refractivity contribution in [1.29, 1.82) is 0 Å². The molecule has 4 aromatic rings. The zero-order chi connectivity index (χ0) is 43.9. The number of hydrogen-bond acceptors (Lipinski definition) is 1. The van der Waals surface area contributed by atoms with Gasteiger partial charge in [-0.3, -0.25) is 0 Å². The average Bonchev–Trinajstić information content (AvgIpc) is 3.30. The number of rotatable bonds is 11. The molecule has 0 aliphatic heterocycles. The minimum absolute atomic E-state index is 0.576. The van der Waals surface area contributed by atoms with Crippen molar-refractivity contribution >= 4 is 37.4 Å². The molecule has 3 heteroatoms. The maximum Gasteiger partial charge on any atom is 0.0325 e. The largest absolute Gasteiger partial charge is 0.242 e. The molecule has 5 aliphatic carbocycles. The van der Waals surface area contributed by atoms with E-state index in [9.17, 15) is 0 Å². The Kier molecular flexibility index (Phi) is 18.6. The highest BCUT2D eigenvalue weighted by atomic mass is 31.2. The molecule has 0 radical (unpaired) electrons. The fourth-order valence-corrected chi connectivity index (χ4v) is 19.5. The second kappa shape index (κ2) is 25.3. The van der Waals surface area contributed by atoms with Gasteiger partial charge in [0.25, 0.3) is 0 Å². The Labute approximate surface area is 400 Å². The molecule has 5 aliphatic rings. The summed E-state index contributed by atoms with van der Waals surface area (Å²) in [6, 6.07) is 42.5. The smallest absolute Gasteiger partial charge is 0.0325 e. The summed E-state index contributed by atoms with van der Waals surface area (Å²) in [4.78, 5) is 0. The molecule has 9 rings (SSSR count). The Balaban J connectivity index is 1.14. The third-order valence-corrected chi connectivity index (χ3v) is 22.9. The lowest BCUT2D eigenvalue weighted by Gasteiger charge is -2.45. The summed E-state index contributed by atoms with van der Waals surface area (Å²) in [5.74, 6) is 2.88. The number of hydrogen-bond donors (Lipinski definition) is 0. The molecule has 0 N–H and O–H groups in total. The van der Waals surface area contributed by atoms with Crippen LogP contribution in [0.1, 0.15) is 258 Å². The Morgan fingerprint density at radius 2 is 0.415 bits per heavy atom. The van der Waals surface area contributed by atoms with Crippen molar-refractivity contribution in [3.8, 4) is 0 Å². The van der Waals surface area contributed by atoms with Gasteiger partial charge in [0.1, 0.15) is 0 Å². The standard InChI is InChI=1S/C62H87NP2/c1-5-14-24-50(25-15-6-1)54-34-42-59(43-35-54)64(60-44-36-55(37-45-60)51-26-16-7-2-8-17-27-51)63(58-32-22-13-23-33-58)65(61-46-38-56(39-47-61)52-28-18-9-3-10-19-29-52)62-48-40-57(41-49-62)53-30-20-11-4-12-21-31-53/h34-53,58H,1-33H2. The van der Waals surface area contributed by atoms with Crippen molar-refractivity contribution in [2.75, 3.05) is 0 Å². The second-order valence-corrected chi connectivity index (χ2v) is 26.3. The summed E-state index contributed by atoms with van der Waals surface area (Å²) < 4.78 is 3.23. The molecule has 5 saturated carbocycles. The van der Waals surface area contributed by atoms with Crippen LogP contribution in [0.5, 0.6) is 0 Å². The van der Waals surface area contributed by atoms with Crippen molar-refractivity contribution in [2.45, 2.75) is 242 Å². The fraction of sp³-hybridized carbons (Fsp3) is 0.613. The molecule has 1 nitrogen and oxygen atoms in total. The van der Waals surface area contributed by atoms with Crippen molar-refractivity contribution < 1.29 is 0 Å². The minimum Gasteiger partial charge on any atom is -0.242 e. The fourth-order valence-electron chi connectivity index (χ4n) is 13.2. The van der Waals surface area contributed by atoms with Gasteiger partial charge < -0.3 is 0 Å². The highest BCUT2D eigenvalue weighted by molar-refractivity contribution is 7.84. The van der Waals surface area contributed by atoms with E-state index in [-0.39, 0.29) is 0 Å². The van der Waals surface area contributed by atoms with Gasteiger partial charge >= 0.3 is 0 Å². The van der Waals surface area contributed by atoms with Crippen molar-refractivity contribution in [3.05, 3.63) is 119 Å². The van der Waals surface area contributed by atoms with E-state index >= 15 is 0 Å². The van der Waals surface area contributed by atoms with E-state index in [1.807, 2.05) is 0 Å². The van der Waals surface area contributed by atoms with Gasteiger partial charge in [-0.15, -0.1) is 0 Å². The first-order valence-electron chi connectivity index (χ1n) is 28.1. The lowest BCUT2D eigenvalue weighted by atomic mass is 9.86. The van der Waals surface area contributed by atoms with Crippen LogP contribution in [0, 0.1) is 0 Å². The maximum atomic E-state index is 3.23. The monoisotopic (exact) mass is 908 g/mol. The summed E-state index contributed by atoms with van der Waals surface area (Å²) in [5.41, 5.74) is 6.41. The van der Waals surface area contributed by atoms with Crippen LogP contribution in [0.25, 0.3) is 0 Å². The van der Waals surface area contributed by atoms with Gasteiger partial charge in [-0.25, -0.2) is 4.44 Å². The van der Waals surface area contributed by atoms with Crippen LogP contribution in [-0.2, 0) is 0 Å². The van der Waals surface area contributed by atoms with Gasteiger partial charge in [0.05, 0.1) is 0 Å². The van der Waals surface area contributed by atoms with E-state index in [1.54, 1.807) is 43.5 Å². The lowest BCUT2D eigenvalue weighted by molar-refractivity contribution is 0.355. The summed E-state index contributed by atoms with van der Waals surface area (Å²) in [5, 5.41) is 6.29. The Hall–Kier alpha value is -2.30. The van der Waals surface area contributed by atoms with E-state index in [0.29, 0.717) is 6.04 Å². The molecule has 5 fully saturated rings. The van der Waals surface area contributed by atoms with Gasteiger partial charge in [0.15, 0.2) is 0 Å². The first kappa shape index (κ1) is 47.8.